The van der Waals surface area contributed by atoms with Gasteiger partial charge in [-0.1, -0.05) is 11.6 Å². The number of nitrogens with zero attached hydrogens (tertiary/aromatic N) is 2. The third-order valence-corrected chi connectivity index (χ3v) is 6.99. The normalized spacial score (nSPS) is 17.9. The first-order valence-corrected chi connectivity index (χ1v) is 10.9. The lowest BCUT2D eigenvalue weighted by Crippen LogP contribution is -2.43. The van der Waals surface area contributed by atoms with E-state index in [0.29, 0.717) is 30.1 Å². The lowest BCUT2D eigenvalue weighted by atomic mass is 9.98. The molecule has 1 saturated heterocycles. The molecule has 1 aliphatic heterocycles. The second-order valence-electron chi connectivity index (χ2n) is 7.09. The first-order valence-electron chi connectivity index (χ1n) is 9.11. The molecule has 0 radical (unpaired) electrons. The minimum absolute atomic E-state index is 0.159. The van der Waals surface area contributed by atoms with Crippen molar-refractivity contribution in [1.82, 2.24) is 4.31 Å². The molecule has 2 aromatic carbocycles. The zero-order valence-corrected chi connectivity index (χ0v) is 17.5. The Hall–Kier alpha value is -2.09. The fourth-order valence-electron chi connectivity index (χ4n) is 3.22. The van der Waals surface area contributed by atoms with E-state index < -0.39 is 10.0 Å². The molecule has 1 atom stereocenters. The van der Waals surface area contributed by atoms with E-state index in [1.165, 1.54) is 16.4 Å². The Morgan fingerprint density at radius 3 is 2.36 bits per heavy atom. The quantitative estimate of drug-likeness (QED) is 0.802. The van der Waals surface area contributed by atoms with Gasteiger partial charge < -0.3 is 10.2 Å². The van der Waals surface area contributed by atoms with E-state index in [4.69, 9.17) is 11.6 Å². The van der Waals surface area contributed by atoms with E-state index >= 15 is 0 Å². The number of carbonyl (C=O) groups excluding carboxylic acids is 1. The molecule has 28 heavy (non-hydrogen) atoms. The van der Waals surface area contributed by atoms with E-state index in [9.17, 15) is 13.2 Å². The van der Waals surface area contributed by atoms with E-state index in [-0.39, 0.29) is 23.3 Å². The molecule has 1 amide bonds. The zero-order valence-electron chi connectivity index (χ0n) is 15.9. The molecule has 2 aromatic rings. The van der Waals surface area contributed by atoms with Crippen LogP contribution in [0.2, 0.25) is 5.02 Å². The van der Waals surface area contributed by atoms with Crippen molar-refractivity contribution in [1.29, 1.82) is 0 Å². The maximum atomic E-state index is 12.9. The summed E-state index contributed by atoms with van der Waals surface area (Å²) in [6, 6.07) is 13.6. The van der Waals surface area contributed by atoms with Gasteiger partial charge in [-0.15, -0.1) is 0 Å². The summed E-state index contributed by atoms with van der Waals surface area (Å²) in [5.74, 6) is -0.544. The van der Waals surface area contributed by atoms with Gasteiger partial charge in [-0.3, -0.25) is 4.79 Å². The Bertz CT molecular complexity index is 928. The number of hydrogen-bond acceptors (Lipinski definition) is 4. The van der Waals surface area contributed by atoms with Crippen molar-refractivity contribution in [3.05, 3.63) is 53.6 Å². The summed E-state index contributed by atoms with van der Waals surface area (Å²) in [6.07, 6.45) is 1.30. The number of amides is 1. The van der Waals surface area contributed by atoms with Gasteiger partial charge in [0.15, 0.2) is 0 Å². The summed E-state index contributed by atoms with van der Waals surface area (Å²) in [7, 11) is 0.255. The first kappa shape index (κ1) is 20.6. The van der Waals surface area contributed by atoms with Gasteiger partial charge in [0, 0.05) is 43.6 Å². The fraction of sp³-hybridized carbons (Fsp3) is 0.350. The molecule has 1 heterocycles. The molecule has 1 aliphatic rings. The van der Waals surface area contributed by atoms with Crippen LogP contribution >= 0.6 is 11.6 Å². The third-order valence-electron chi connectivity index (χ3n) is 4.86. The van der Waals surface area contributed by atoms with Crippen LogP contribution in [0.15, 0.2) is 53.4 Å². The largest absolute Gasteiger partial charge is 0.378 e. The monoisotopic (exact) mass is 421 g/mol. The van der Waals surface area contributed by atoms with Crippen molar-refractivity contribution in [2.45, 2.75) is 17.7 Å². The van der Waals surface area contributed by atoms with Gasteiger partial charge >= 0.3 is 0 Å². The highest BCUT2D eigenvalue weighted by Crippen LogP contribution is 2.26. The number of carbonyl (C=O) groups is 1. The minimum Gasteiger partial charge on any atom is -0.378 e. The van der Waals surface area contributed by atoms with Crippen molar-refractivity contribution in [2.24, 2.45) is 5.92 Å². The molecule has 0 spiro atoms. The van der Waals surface area contributed by atoms with Gasteiger partial charge in [0.1, 0.15) is 0 Å². The van der Waals surface area contributed by atoms with Crippen LogP contribution in [0, 0.1) is 5.92 Å². The van der Waals surface area contributed by atoms with Crippen molar-refractivity contribution in [3.63, 3.8) is 0 Å². The average molecular weight is 422 g/mol. The SMILES string of the molecule is CN(C)c1ccc(NC(=O)C2CCCN(S(=O)(=O)c3ccc(Cl)cc3)C2)cc1. The predicted molar refractivity (Wildman–Crippen MR) is 112 cm³/mol. The zero-order chi connectivity index (χ0) is 20.3. The summed E-state index contributed by atoms with van der Waals surface area (Å²) < 4.78 is 27.1. The molecule has 150 valence electrons. The van der Waals surface area contributed by atoms with Gasteiger partial charge in [0.2, 0.25) is 15.9 Å². The third kappa shape index (κ3) is 4.66. The number of sulfonamides is 1. The number of rotatable bonds is 5. The second kappa shape index (κ2) is 8.51. The molecule has 0 bridgehead atoms. The van der Waals surface area contributed by atoms with Crippen molar-refractivity contribution < 1.29 is 13.2 Å². The molecule has 0 aliphatic carbocycles. The van der Waals surface area contributed by atoms with E-state index in [0.717, 1.165) is 5.69 Å². The number of anilines is 2. The molecular weight excluding hydrogens is 398 g/mol. The summed E-state index contributed by atoms with van der Waals surface area (Å²) in [6.45, 7) is 0.582. The van der Waals surface area contributed by atoms with Crippen LogP contribution in [0.25, 0.3) is 0 Å². The summed E-state index contributed by atoms with van der Waals surface area (Å²) in [5, 5.41) is 3.38. The van der Waals surface area contributed by atoms with Gasteiger partial charge in [-0.2, -0.15) is 4.31 Å². The van der Waals surface area contributed by atoms with E-state index in [1.807, 2.05) is 43.3 Å². The van der Waals surface area contributed by atoms with Crippen molar-refractivity contribution >= 4 is 38.9 Å². The van der Waals surface area contributed by atoms with Gasteiger partial charge in [0.05, 0.1) is 10.8 Å². The summed E-state index contributed by atoms with van der Waals surface area (Å²) >= 11 is 5.85. The van der Waals surface area contributed by atoms with Crippen LogP contribution in [-0.2, 0) is 14.8 Å². The van der Waals surface area contributed by atoms with Gasteiger partial charge in [-0.05, 0) is 61.4 Å². The topological polar surface area (TPSA) is 69.7 Å². The maximum absolute atomic E-state index is 12.9. The number of benzene rings is 2. The van der Waals surface area contributed by atoms with Crippen LogP contribution in [0.3, 0.4) is 0 Å². The highest BCUT2D eigenvalue weighted by molar-refractivity contribution is 7.89. The standard InChI is InChI=1S/C20H24ClN3O3S/c1-23(2)18-9-7-17(8-10-18)22-20(25)15-4-3-13-24(14-15)28(26,27)19-11-5-16(21)6-12-19/h5-12,15H,3-4,13-14H2,1-2H3,(H,22,25). The molecule has 0 aromatic heterocycles. The Labute approximate surface area is 171 Å². The molecule has 6 nitrogen and oxygen atoms in total. The average Bonchev–Trinajstić information content (AvgIpc) is 2.69. The molecule has 0 saturated carbocycles. The number of piperidine rings is 1. The Kier molecular flexibility index (Phi) is 6.27. The number of hydrogen-bond donors (Lipinski definition) is 1. The summed E-state index contributed by atoms with van der Waals surface area (Å²) in [5.41, 5.74) is 1.74. The Morgan fingerprint density at radius 2 is 1.75 bits per heavy atom. The minimum atomic E-state index is -3.64. The lowest BCUT2D eigenvalue weighted by Gasteiger charge is -2.31. The molecular formula is C20H24ClN3O3S. The van der Waals surface area contributed by atoms with Gasteiger partial charge in [0.25, 0.3) is 0 Å². The maximum Gasteiger partial charge on any atom is 0.243 e. The Morgan fingerprint density at radius 1 is 1.11 bits per heavy atom. The van der Waals surface area contributed by atoms with E-state index in [1.54, 1.807) is 12.1 Å². The Balaban J connectivity index is 1.68. The molecule has 8 heteroatoms. The molecule has 1 N–H and O–H groups in total. The van der Waals surface area contributed by atoms with E-state index in [2.05, 4.69) is 5.32 Å². The second-order valence-corrected chi connectivity index (χ2v) is 9.46. The molecule has 1 fully saturated rings. The van der Waals surface area contributed by atoms with Crippen LogP contribution in [0.1, 0.15) is 12.8 Å². The fourth-order valence-corrected chi connectivity index (χ4v) is 4.87. The lowest BCUT2D eigenvalue weighted by molar-refractivity contribution is -0.120. The smallest absolute Gasteiger partial charge is 0.243 e. The van der Waals surface area contributed by atoms with Crippen molar-refractivity contribution in [2.75, 3.05) is 37.4 Å². The van der Waals surface area contributed by atoms with Crippen LogP contribution in [0.4, 0.5) is 11.4 Å². The summed E-state index contributed by atoms with van der Waals surface area (Å²) in [4.78, 5) is 14.8. The highest BCUT2D eigenvalue weighted by atomic mass is 35.5. The number of halogens is 1. The van der Waals surface area contributed by atoms with Crippen LogP contribution in [-0.4, -0.2) is 45.8 Å². The van der Waals surface area contributed by atoms with Crippen LogP contribution in [0.5, 0.6) is 0 Å². The first-order chi connectivity index (χ1) is 13.3. The van der Waals surface area contributed by atoms with Gasteiger partial charge in [-0.25, -0.2) is 8.42 Å². The van der Waals surface area contributed by atoms with Crippen molar-refractivity contribution in [3.8, 4) is 0 Å². The highest BCUT2D eigenvalue weighted by Gasteiger charge is 2.33. The molecule has 3 rings (SSSR count). The molecule has 1 unspecified atom stereocenters. The van der Waals surface area contributed by atoms with Crippen LogP contribution < -0.4 is 10.2 Å². The number of nitrogens with one attached hydrogen (secondary N) is 1. The predicted octanol–water partition coefficient (Wildman–Crippen LogP) is 3.45.